The molecule has 0 bridgehead atoms. The molecule has 0 saturated carbocycles. The molecule has 0 unspecified atom stereocenters. The topological polar surface area (TPSA) is 77.8 Å². The van der Waals surface area contributed by atoms with Crippen LogP contribution in [0.15, 0.2) is 22.9 Å². The van der Waals surface area contributed by atoms with Gasteiger partial charge in [0.15, 0.2) is 0 Å². The van der Waals surface area contributed by atoms with Crippen molar-refractivity contribution in [3.05, 3.63) is 24.0 Å². The van der Waals surface area contributed by atoms with Crippen LogP contribution in [0.1, 0.15) is 5.69 Å². The summed E-state index contributed by atoms with van der Waals surface area (Å²) >= 11 is 0. The summed E-state index contributed by atoms with van der Waals surface area (Å²) < 4.78 is 4.91. The first-order valence-corrected chi connectivity index (χ1v) is 3.78. The highest BCUT2D eigenvalue weighted by Crippen LogP contribution is 2.22. The fourth-order valence-corrected chi connectivity index (χ4v) is 0.962. The molecule has 0 amide bonds. The fraction of sp³-hybridized carbons (Fsp3) is 0.125. The molecule has 0 saturated heterocycles. The lowest BCUT2D eigenvalue weighted by atomic mass is 10.3. The molecule has 2 heterocycles. The normalized spacial score (nSPS) is 10.2. The number of nitrogens with zero attached hydrogens (tertiary/aromatic N) is 3. The molecule has 0 aliphatic carbocycles. The molecular formula is C8H8N4O. The Bertz CT molecular complexity index is 406. The molecule has 0 spiro atoms. The van der Waals surface area contributed by atoms with Gasteiger partial charge in [-0.15, -0.1) is 5.10 Å². The van der Waals surface area contributed by atoms with Gasteiger partial charge in [-0.25, -0.2) is 0 Å². The molecule has 0 radical (unpaired) electrons. The van der Waals surface area contributed by atoms with E-state index in [1.54, 1.807) is 6.07 Å². The Hall–Kier alpha value is -1.91. The third kappa shape index (κ3) is 1.35. The molecule has 2 N–H and O–H groups in total. The monoisotopic (exact) mass is 176 g/mol. The lowest BCUT2D eigenvalue weighted by Crippen LogP contribution is -1.91. The summed E-state index contributed by atoms with van der Waals surface area (Å²) in [4.78, 5) is 0. The maximum Gasteiger partial charge on any atom is 0.209 e. The van der Waals surface area contributed by atoms with Crippen molar-refractivity contribution in [3.63, 3.8) is 0 Å². The van der Waals surface area contributed by atoms with Crippen LogP contribution >= 0.6 is 0 Å². The Morgan fingerprint density at radius 1 is 1.31 bits per heavy atom. The van der Waals surface area contributed by atoms with Gasteiger partial charge in [-0.3, -0.25) is 0 Å². The van der Waals surface area contributed by atoms with E-state index in [1.807, 2.05) is 13.0 Å². The predicted octanol–water partition coefficient (Wildman–Crippen LogP) is 1.02. The van der Waals surface area contributed by atoms with Gasteiger partial charge in [0.25, 0.3) is 0 Å². The molecule has 2 aromatic heterocycles. The summed E-state index contributed by atoms with van der Waals surface area (Å²) in [6, 6.07) is 3.63. The highest BCUT2D eigenvalue weighted by atomic mass is 16.5. The first-order chi connectivity index (χ1) is 6.27. The SMILES string of the molecule is Cc1ccc(-c2oncc2N)nn1. The molecule has 0 aromatic carbocycles. The largest absolute Gasteiger partial charge is 0.394 e. The van der Waals surface area contributed by atoms with Crippen LogP contribution in [0.5, 0.6) is 0 Å². The van der Waals surface area contributed by atoms with E-state index in [0.717, 1.165) is 5.69 Å². The molecular weight excluding hydrogens is 168 g/mol. The lowest BCUT2D eigenvalue weighted by molar-refractivity contribution is 0.431. The summed E-state index contributed by atoms with van der Waals surface area (Å²) in [5.41, 5.74) is 7.50. The first-order valence-electron chi connectivity index (χ1n) is 3.78. The Morgan fingerprint density at radius 2 is 2.15 bits per heavy atom. The van der Waals surface area contributed by atoms with E-state index in [4.69, 9.17) is 10.3 Å². The van der Waals surface area contributed by atoms with Crippen LogP contribution in [0, 0.1) is 6.92 Å². The second kappa shape index (κ2) is 2.85. The van der Waals surface area contributed by atoms with Gasteiger partial charge in [-0.1, -0.05) is 5.16 Å². The minimum Gasteiger partial charge on any atom is -0.394 e. The van der Waals surface area contributed by atoms with Gasteiger partial charge in [-0.05, 0) is 19.1 Å². The van der Waals surface area contributed by atoms with Gasteiger partial charge in [0.05, 0.1) is 11.9 Å². The van der Waals surface area contributed by atoms with Crippen molar-refractivity contribution in [2.45, 2.75) is 6.92 Å². The summed E-state index contributed by atoms with van der Waals surface area (Å²) in [6.45, 7) is 1.86. The van der Waals surface area contributed by atoms with Crippen molar-refractivity contribution in [3.8, 4) is 11.5 Å². The predicted molar refractivity (Wildman–Crippen MR) is 46.7 cm³/mol. The zero-order valence-electron chi connectivity index (χ0n) is 7.06. The maximum absolute atomic E-state index is 5.59. The molecule has 66 valence electrons. The number of anilines is 1. The van der Waals surface area contributed by atoms with Gasteiger partial charge in [0.2, 0.25) is 5.76 Å². The smallest absolute Gasteiger partial charge is 0.209 e. The second-order valence-electron chi connectivity index (χ2n) is 2.67. The molecule has 0 fully saturated rings. The molecule has 2 aromatic rings. The first kappa shape index (κ1) is 7.72. The summed E-state index contributed by atoms with van der Waals surface area (Å²) in [7, 11) is 0. The van der Waals surface area contributed by atoms with E-state index < -0.39 is 0 Å². The van der Waals surface area contributed by atoms with E-state index in [1.165, 1.54) is 6.20 Å². The van der Waals surface area contributed by atoms with Gasteiger partial charge in [-0.2, -0.15) is 5.10 Å². The van der Waals surface area contributed by atoms with Crippen molar-refractivity contribution in [1.29, 1.82) is 0 Å². The van der Waals surface area contributed by atoms with Crippen LogP contribution in [0.3, 0.4) is 0 Å². The van der Waals surface area contributed by atoms with Crippen LogP contribution in [-0.2, 0) is 0 Å². The number of hydrogen-bond acceptors (Lipinski definition) is 5. The third-order valence-electron chi connectivity index (χ3n) is 1.63. The van der Waals surface area contributed by atoms with Gasteiger partial charge in [0.1, 0.15) is 11.4 Å². The van der Waals surface area contributed by atoms with Crippen LogP contribution in [0.4, 0.5) is 5.69 Å². The second-order valence-corrected chi connectivity index (χ2v) is 2.67. The van der Waals surface area contributed by atoms with Crippen molar-refractivity contribution in [2.24, 2.45) is 0 Å². The molecule has 13 heavy (non-hydrogen) atoms. The highest BCUT2D eigenvalue weighted by molar-refractivity contribution is 5.66. The van der Waals surface area contributed by atoms with E-state index in [2.05, 4.69) is 15.4 Å². The zero-order valence-corrected chi connectivity index (χ0v) is 7.06. The molecule has 0 atom stereocenters. The van der Waals surface area contributed by atoms with Crippen molar-refractivity contribution in [1.82, 2.24) is 15.4 Å². The Labute approximate surface area is 74.6 Å². The molecule has 2 rings (SSSR count). The number of hydrogen-bond donors (Lipinski definition) is 1. The average molecular weight is 176 g/mol. The summed E-state index contributed by atoms with van der Waals surface area (Å²) in [6.07, 6.45) is 1.44. The maximum atomic E-state index is 5.59. The van der Waals surface area contributed by atoms with E-state index in [-0.39, 0.29) is 0 Å². The fourth-order valence-electron chi connectivity index (χ4n) is 0.962. The summed E-state index contributed by atoms with van der Waals surface area (Å²) in [5, 5.41) is 11.4. The van der Waals surface area contributed by atoms with E-state index >= 15 is 0 Å². The van der Waals surface area contributed by atoms with Crippen LogP contribution in [0.25, 0.3) is 11.5 Å². The minimum atomic E-state index is 0.465. The molecule has 5 nitrogen and oxygen atoms in total. The van der Waals surface area contributed by atoms with Crippen LogP contribution in [-0.4, -0.2) is 15.4 Å². The Balaban J connectivity index is 2.47. The van der Waals surface area contributed by atoms with Gasteiger partial charge in [0, 0.05) is 0 Å². The van der Waals surface area contributed by atoms with E-state index in [9.17, 15) is 0 Å². The number of aromatic nitrogens is 3. The van der Waals surface area contributed by atoms with Gasteiger partial charge >= 0.3 is 0 Å². The standard InChI is InChI=1S/C8H8N4O/c1-5-2-3-7(12-11-5)8-6(9)4-10-13-8/h2-4H,9H2,1H3. The average Bonchev–Trinajstić information content (AvgIpc) is 2.53. The quantitative estimate of drug-likeness (QED) is 0.701. The third-order valence-corrected chi connectivity index (χ3v) is 1.63. The highest BCUT2D eigenvalue weighted by Gasteiger charge is 2.08. The van der Waals surface area contributed by atoms with Crippen molar-refractivity contribution >= 4 is 5.69 Å². The number of aryl methyl sites for hydroxylation is 1. The van der Waals surface area contributed by atoms with E-state index in [0.29, 0.717) is 17.1 Å². The van der Waals surface area contributed by atoms with Crippen LogP contribution < -0.4 is 5.73 Å². The summed E-state index contributed by atoms with van der Waals surface area (Å²) in [5.74, 6) is 0.465. The molecule has 0 aliphatic rings. The number of nitrogen functional groups attached to an aromatic ring is 1. The van der Waals surface area contributed by atoms with Crippen molar-refractivity contribution < 1.29 is 4.52 Å². The Kier molecular flexibility index (Phi) is 1.70. The number of nitrogens with two attached hydrogens (primary N) is 1. The van der Waals surface area contributed by atoms with Gasteiger partial charge < -0.3 is 10.3 Å². The molecule has 0 aliphatic heterocycles. The Morgan fingerprint density at radius 3 is 2.69 bits per heavy atom. The van der Waals surface area contributed by atoms with Crippen LogP contribution in [0.2, 0.25) is 0 Å². The minimum absolute atomic E-state index is 0.465. The lowest BCUT2D eigenvalue weighted by Gasteiger charge is -1.94. The zero-order chi connectivity index (χ0) is 9.26. The van der Waals surface area contributed by atoms with Crippen molar-refractivity contribution in [2.75, 3.05) is 5.73 Å². The molecule has 5 heteroatoms. The number of rotatable bonds is 1.